The van der Waals surface area contributed by atoms with E-state index in [9.17, 15) is 19.5 Å². The minimum absolute atomic E-state index is 0.120. The van der Waals surface area contributed by atoms with Crippen molar-refractivity contribution in [1.82, 2.24) is 15.1 Å². The Morgan fingerprint density at radius 3 is 2.34 bits per heavy atom. The van der Waals surface area contributed by atoms with Crippen LogP contribution in [0.2, 0.25) is 0 Å². The Morgan fingerprint density at radius 1 is 0.951 bits per heavy atom. The molecule has 2 amide bonds. The van der Waals surface area contributed by atoms with Crippen LogP contribution in [-0.2, 0) is 4.79 Å². The molecule has 0 aliphatic carbocycles. The number of nitrogens with one attached hydrogen (secondary N) is 3. The third kappa shape index (κ3) is 6.48. The van der Waals surface area contributed by atoms with Gasteiger partial charge in [-0.15, -0.1) is 0 Å². The van der Waals surface area contributed by atoms with Gasteiger partial charge >= 0.3 is 5.97 Å². The zero-order chi connectivity index (χ0) is 28.9. The molecular formula is C32H35N5O4. The second-order valence-corrected chi connectivity index (χ2v) is 10.5. The fraction of sp³-hybridized carbons (Fsp3) is 0.281. The maximum absolute atomic E-state index is 13.2. The Labute approximate surface area is 239 Å². The van der Waals surface area contributed by atoms with Crippen LogP contribution >= 0.6 is 0 Å². The first-order valence-electron chi connectivity index (χ1n) is 13.9. The van der Waals surface area contributed by atoms with Gasteiger partial charge in [0.1, 0.15) is 0 Å². The number of aryl methyl sites for hydroxylation is 1. The van der Waals surface area contributed by atoms with Crippen molar-refractivity contribution in [3.8, 4) is 0 Å². The third-order valence-corrected chi connectivity index (χ3v) is 7.60. The molecule has 9 nitrogen and oxygen atoms in total. The number of hydrogen-bond acceptors (Lipinski definition) is 6. The molecule has 41 heavy (non-hydrogen) atoms. The largest absolute Gasteiger partial charge is 0.478 e. The summed E-state index contributed by atoms with van der Waals surface area (Å²) in [6.45, 7) is 7.60. The maximum Gasteiger partial charge on any atom is 0.336 e. The van der Waals surface area contributed by atoms with E-state index >= 15 is 0 Å². The lowest BCUT2D eigenvalue weighted by molar-refractivity contribution is -0.110. The zero-order valence-corrected chi connectivity index (χ0v) is 23.4. The summed E-state index contributed by atoms with van der Waals surface area (Å²) in [5.74, 6) is -1.48. The number of hydrogen-bond donors (Lipinski definition) is 4. The molecule has 4 N–H and O–H groups in total. The van der Waals surface area contributed by atoms with Crippen LogP contribution in [-0.4, -0.2) is 79.0 Å². The predicted octanol–water partition coefficient (Wildman–Crippen LogP) is 3.99. The average Bonchev–Trinajstić information content (AvgIpc) is 3.29. The Hall–Kier alpha value is -4.47. The highest BCUT2D eigenvalue weighted by Crippen LogP contribution is 2.39. The van der Waals surface area contributed by atoms with Crippen LogP contribution in [0.1, 0.15) is 43.8 Å². The minimum atomic E-state index is -1.04. The van der Waals surface area contributed by atoms with Gasteiger partial charge in [-0.2, -0.15) is 0 Å². The molecule has 0 spiro atoms. The second kappa shape index (κ2) is 12.4. The van der Waals surface area contributed by atoms with Crippen molar-refractivity contribution in [2.24, 2.45) is 0 Å². The molecule has 3 aromatic carbocycles. The highest BCUT2D eigenvalue weighted by molar-refractivity contribution is 6.37. The minimum Gasteiger partial charge on any atom is -0.478 e. The van der Waals surface area contributed by atoms with Crippen LogP contribution < -0.4 is 16.0 Å². The molecule has 0 atom stereocenters. The van der Waals surface area contributed by atoms with Crippen molar-refractivity contribution < 1.29 is 19.5 Å². The molecule has 0 unspecified atom stereocenters. The molecule has 5 rings (SSSR count). The SMILES string of the molecule is Cc1cc2c(cc1C(=O)O)NC(=O)C2=C(Nc1ccc(C(=O)NCCCN2CCN(C)CC2)cc1)c1ccccc1. The van der Waals surface area contributed by atoms with Crippen molar-refractivity contribution in [1.29, 1.82) is 0 Å². The monoisotopic (exact) mass is 553 g/mol. The molecule has 2 aliphatic rings. The van der Waals surface area contributed by atoms with Gasteiger partial charge in [0.2, 0.25) is 0 Å². The zero-order valence-electron chi connectivity index (χ0n) is 23.4. The summed E-state index contributed by atoms with van der Waals surface area (Å²) < 4.78 is 0. The molecule has 1 saturated heterocycles. The van der Waals surface area contributed by atoms with E-state index in [0.717, 1.165) is 44.7 Å². The van der Waals surface area contributed by atoms with Crippen LogP contribution in [0.4, 0.5) is 11.4 Å². The number of amides is 2. The third-order valence-electron chi connectivity index (χ3n) is 7.60. The fourth-order valence-electron chi connectivity index (χ4n) is 5.22. The van der Waals surface area contributed by atoms with Crippen molar-refractivity contribution in [2.75, 3.05) is 56.9 Å². The summed E-state index contributed by atoms with van der Waals surface area (Å²) in [7, 11) is 2.14. The average molecular weight is 554 g/mol. The number of aromatic carboxylic acids is 1. The summed E-state index contributed by atoms with van der Waals surface area (Å²) in [5, 5.41) is 18.7. The van der Waals surface area contributed by atoms with Crippen LogP contribution in [0.25, 0.3) is 11.3 Å². The summed E-state index contributed by atoms with van der Waals surface area (Å²) in [6.07, 6.45) is 0.903. The Balaban J connectivity index is 1.31. The highest BCUT2D eigenvalue weighted by Gasteiger charge is 2.30. The van der Waals surface area contributed by atoms with Gasteiger partial charge in [-0.05, 0) is 74.5 Å². The van der Waals surface area contributed by atoms with Crippen molar-refractivity contribution in [3.63, 3.8) is 0 Å². The lowest BCUT2D eigenvalue weighted by Crippen LogP contribution is -2.45. The van der Waals surface area contributed by atoms with E-state index < -0.39 is 5.97 Å². The molecular weight excluding hydrogens is 518 g/mol. The molecule has 2 heterocycles. The van der Waals surface area contributed by atoms with Gasteiger partial charge in [-0.1, -0.05) is 30.3 Å². The van der Waals surface area contributed by atoms with E-state index in [2.05, 4.69) is 32.8 Å². The van der Waals surface area contributed by atoms with Gasteiger partial charge in [0.25, 0.3) is 11.8 Å². The van der Waals surface area contributed by atoms with E-state index in [1.807, 2.05) is 42.5 Å². The van der Waals surface area contributed by atoms with E-state index in [1.54, 1.807) is 25.1 Å². The maximum atomic E-state index is 13.2. The molecule has 0 saturated carbocycles. The van der Waals surface area contributed by atoms with Gasteiger partial charge in [0, 0.05) is 49.5 Å². The standard InChI is InChI=1S/C32H35N5O4/c1-21-19-26-27(20-25(21)32(40)41)35-31(39)28(26)29(22-7-4-3-5-8-22)34-24-11-9-23(10-12-24)30(38)33-13-6-14-37-17-15-36(2)16-18-37/h3-5,7-12,19-20,34H,6,13-18H2,1-2H3,(H,33,38)(H,35,39)(H,40,41). The molecule has 2 aliphatic heterocycles. The molecule has 1 fully saturated rings. The molecule has 0 aromatic heterocycles. The predicted molar refractivity (Wildman–Crippen MR) is 161 cm³/mol. The molecule has 0 radical (unpaired) electrons. The van der Waals surface area contributed by atoms with Crippen LogP contribution in [0, 0.1) is 6.92 Å². The van der Waals surface area contributed by atoms with E-state index in [0.29, 0.717) is 45.9 Å². The van der Waals surface area contributed by atoms with Gasteiger partial charge in [0.05, 0.1) is 22.5 Å². The topological polar surface area (TPSA) is 114 Å². The van der Waals surface area contributed by atoms with Crippen molar-refractivity contribution in [3.05, 3.63) is 94.5 Å². The first kappa shape index (κ1) is 28.1. The smallest absolute Gasteiger partial charge is 0.336 e. The molecule has 3 aromatic rings. The summed E-state index contributed by atoms with van der Waals surface area (Å²) in [6, 6.07) is 19.9. The lowest BCUT2D eigenvalue weighted by atomic mass is 9.96. The number of benzene rings is 3. The number of fused-ring (bicyclic) bond motifs is 1. The molecule has 9 heteroatoms. The number of rotatable bonds is 9. The highest BCUT2D eigenvalue weighted by atomic mass is 16.4. The van der Waals surface area contributed by atoms with Gasteiger partial charge in [-0.25, -0.2) is 4.79 Å². The summed E-state index contributed by atoms with van der Waals surface area (Å²) in [5.41, 5.74) is 4.89. The Bertz CT molecular complexity index is 1480. The fourth-order valence-corrected chi connectivity index (χ4v) is 5.22. The van der Waals surface area contributed by atoms with E-state index in [4.69, 9.17) is 0 Å². The second-order valence-electron chi connectivity index (χ2n) is 10.5. The summed E-state index contributed by atoms with van der Waals surface area (Å²) >= 11 is 0. The van der Waals surface area contributed by atoms with Crippen LogP contribution in [0.15, 0.2) is 66.7 Å². The summed E-state index contributed by atoms with van der Waals surface area (Å²) in [4.78, 5) is 42.3. The van der Waals surface area contributed by atoms with Gasteiger partial charge < -0.3 is 30.9 Å². The van der Waals surface area contributed by atoms with E-state index in [-0.39, 0.29) is 17.4 Å². The number of nitrogens with zero attached hydrogens (tertiary/aromatic N) is 2. The first-order valence-corrected chi connectivity index (χ1v) is 13.9. The van der Waals surface area contributed by atoms with Crippen LogP contribution in [0.3, 0.4) is 0 Å². The molecule has 212 valence electrons. The lowest BCUT2D eigenvalue weighted by Gasteiger charge is -2.32. The van der Waals surface area contributed by atoms with Gasteiger partial charge in [0.15, 0.2) is 0 Å². The number of carbonyl (C=O) groups is 3. The van der Waals surface area contributed by atoms with Crippen LogP contribution in [0.5, 0.6) is 0 Å². The Kier molecular flexibility index (Phi) is 8.47. The quantitative estimate of drug-likeness (QED) is 0.234. The number of likely N-dealkylation sites (N-methyl/N-ethyl adjacent to an activating group) is 1. The number of anilines is 2. The molecule has 0 bridgehead atoms. The normalized spacial score (nSPS) is 16.6. The first-order chi connectivity index (χ1) is 19.8. The number of piperazine rings is 1. The van der Waals surface area contributed by atoms with Gasteiger partial charge in [-0.3, -0.25) is 9.59 Å². The van der Waals surface area contributed by atoms with Crippen molar-refractivity contribution in [2.45, 2.75) is 13.3 Å². The Morgan fingerprint density at radius 2 is 1.66 bits per heavy atom. The number of carboxylic acid groups (broad SMARTS) is 1. The number of carboxylic acids is 1. The number of carbonyl (C=O) groups excluding carboxylic acids is 2. The van der Waals surface area contributed by atoms with Crippen molar-refractivity contribution >= 4 is 40.4 Å². The van der Waals surface area contributed by atoms with E-state index in [1.165, 1.54) is 6.07 Å².